The van der Waals surface area contributed by atoms with E-state index in [1.807, 2.05) is 0 Å². The molecule has 0 spiro atoms. The standard InChI is InChI=1S/C12H18F3N3O3/c1-16-8(4-5-21-7-12(13,14)15)10-11(20-3)18-9(19-2)6-17-10/h6,8,16H,4-5,7H2,1-3H3. The molecule has 1 aromatic rings. The second kappa shape index (κ2) is 7.99. The van der Waals surface area contributed by atoms with E-state index in [0.29, 0.717) is 18.0 Å². The maximum Gasteiger partial charge on any atom is 0.411 e. The highest BCUT2D eigenvalue weighted by atomic mass is 19.4. The number of halogens is 3. The molecule has 0 amide bonds. The van der Waals surface area contributed by atoms with Gasteiger partial charge in [-0.05, 0) is 13.5 Å². The van der Waals surface area contributed by atoms with E-state index in [0.717, 1.165) is 0 Å². The zero-order valence-electron chi connectivity index (χ0n) is 12.0. The molecule has 0 radical (unpaired) electrons. The second-order valence-electron chi connectivity index (χ2n) is 4.10. The van der Waals surface area contributed by atoms with Crippen molar-refractivity contribution in [3.05, 3.63) is 11.9 Å². The first-order valence-corrected chi connectivity index (χ1v) is 6.18. The first-order chi connectivity index (χ1) is 9.91. The zero-order valence-corrected chi connectivity index (χ0v) is 12.0. The molecule has 21 heavy (non-hydrogen) atoms. The van der Waals surface area contributed by atoms with E-state index >= 15 is 0 Å². The summed E-state index contributed by atoms with van der Waals surface area (Å²) in [5, 5.41) is 2.94. The average Bonchev–Trinajstić information content (AvgIpc) is 2.46. The molecule has 6 nitrogen and oxygen atoms in total. The number of nitrogens with one attached hydrogen (secondary N) is 1. The molecule has 0 aliphatic heterocycles. The van der Waals surface area contributed by atoms with E-state index in [1.54, 1.807) is 7.05 Å². The van der Waals surface area contributed by atoms with Crippen molar-refractivity contribution >= 4 is 0 Å². The molecule has 1 rings (SSSR count). The summed E-state index contributed by atoms with van der Waals surface area (Å²) in [6, 6.07) is -0.341. The molecule has 1 heterocycles. The van der Waals surface area contributed by atoms with Gasteiger partial charge in [0.05, 0.1) is 26.5 Å². The van der Waals surface area contributed by atoms with Crippen LogP contribution in [0.15, 0.2) is 6.20 Å². The van der Waals surface area contributed by atoms with Crippen LogP contribution in [0.5, 0.6) is 11.8 Å². The van der Waals surface area contributed by atoms with Crippen molar-refractivity contribution < 1.29 is 27.4 Å². The zero-order chi connectivity index (χ0) is 15.9. The molecule has 0 saturated carbocycles. The summed E-state index contributed by atoms with van der Waals surface area (Å²) in [6.07, 6.45) is -2.62. The minimum absolute atomic E-state index is 0.0676. The topological polar surface area (TPSA) is 65.5 Å². The Morgan fingerprint density at radius 2 is 2.00 bits per heavy atom. The average molecular weight is 309 g/mol. The monoisotopic (exact) mass is 309 g/mol. The van der Waals surface area contributed by atoms with Gasteiger partial charge in [-0.3, -0.25) is 0 Å². The Bertz CT molecular complexity index is 443. The van der Waals surface area contributed by atoms with Crippen molar-refractivity contribution in [3.8, 4) is 11.8 Å². The molecular weight excluding hydrogens is 291 g/mol. The molecule has 9 heteroatoms. The van der Waals surface area contributed by atoms with Crippen molar-refractivity contribution in [1.29, 1.82) is 0 Å². The van der Waals surface area contributed by atoms with Crippen molar-refractivity contribution in [2.45, 2.75) is 18.6 Å². The fourth-order valence-corrected chi connectivity index (χ4v) is 1.66. The van der Waals surface area contributed by atoms with Crippen LogP contribution in [-0.4, -0.2) is 50.6 Å². The van der Waals surface area contributed by atoms with Crippen LogP contribution in [0.3, 0.4) is 0 Å². The fraction of sp³-hybridized carbons (Fsp3) is 0.667. The maximum atomic E-state index is 12.0. The summed E-state index contributed by atoms with van der Waals surface area (Å²) in [6.45, 7) is -1.34. The molecule has 0 aliphatic rings. The Labute approximate surface area is 120 Å². The molecule has 120 valence electrons. The van der Waals surface area contributed by atoms with E-state index in [1.165, 1.54) is 20.4 Å². The van der Waals surface area contributed by atoms with Gasteiger partial charge in [-0.1, -0.05) is 0 Å². The van der Waals surface area contributed by atoms with Crippen LogP contribution in [0, 0.1) is 0 Å². The lowest BCUT2D eigenvalue weighted by Gasteiger charge is -2.18. The molecule has 0 aromatic carbocycles. The Hall–Kier alpha value is -1.61. The lowest BCUT2D eigenvalue weighted by Crippen LogP contribution is -2.23. The Morgan fingerprint density at radius 3 is 2.52 bits per heavy atom. The number of methoxy groups -OCH3 is 2. The molecule has 0 aliphatic carbocycles. The molecule has 1 N–H and O–H groups in total. The van der Waals surface area contributed by atoms with Crippen molar-refractivity contribution in [3.63, 3.8) is 0 Å². The van der Waals surface area contributed by atoms with E-state index in [4.69, 9.17) is 9.47 Å². The Balaban J connectivity index is 2.67. The predicted octanol–water partition coefficient (Wildman–Crippen LogP) is 1.72. The number of ether oxygens (including phenoxy) is 3. The predicted molar refractivity (Wildman–Crippen MR) is 68.4 cm³/mol. The summed E-state index contributed by atoms with van der Waals surface area (Å²) in [5.41, 5.74) is 0.483. The van der Waals surface area contributed by atoms with E-state index in [-0.39, 0.29) is 18.5 Å². The van der Waals surface area contributed by atoms with Crippen LogP contribution in [-0.2, 0) is 4.74 Å². The van der Waals surface area contributed by atoms with Crippen LogP contribution < -0.4 is 14.8 Å². The van der Waals surface area contributed by atoms with Crippen LogP contribution in [0.2, 0.25) is 0 Å². The molecule has 0 fully saturated rings. The number of nitrogens with zero attached hydrogens (tertiary/aromatic N) is 2. The lowest BCUT2D eigenvalue weighted by atomic mass is 10.1. The summed E-state index contributed by atoms with van der Waals surface area (Å²) in [7, 11) is 4.54. The first kappa shape index (κ1) is 17.4. The first-order valence-electron chi connectivity index (χ1n) is 6.18. The van der Waals surface area contributed by atoms with Gasteiger partial charge in [-0.25, -0.2) is 4.98 Å². The molecule has 0 bridgehead atoms. The van der Waals surface area contributed by atoms with Crippen LogP contribution in [0.25, 0.3) is 0 Å². The number of rotatable bonds is 8. The molecular formula is C12H18F3N3O3. The van der Waals surface area contributed by atoms with Gasteiger partial charge in [-0.15, -0.1) is 0 Å². The van der Waals surface area contributed by atoms with Gasteiger partial charge in [0.25, 0.3) is 0 Å². The van der Waals surface area contributed by atoms with E-state index in [9.17, 15) is 13.2 Å². The number of aromatic nitrogens is 2. The van der Waals surface area contributed by atoms with Gasteiger partial charge < -0.3 is 19.5 Å². The Kier molecular flexibility index (Phi) is 6.63. The van der Waals surface area contributed by atoms with Crippen molar-refractivity contribution in [2.24, 2.45) is 0 Å². The largest absolute Gasteiger partial charge is 0.480 e. The van der Waals surface area contributed by atoms with Crippen molar-refractivity contribution in [1.82, 2.24) is 15.3 Å². The van der Waals surface area contributed by atoms with Crippen LogP contribution in [0.1, 0.15) is 18.2 Å². The molecule has 1 atom stereocenters. The summed E-state index contributed by atoms with van der Waals surface area (Å²) in [4.78, 5) is 8.24. The normalized spacial score (nSPS) is 13.0. The highest BCUT2D eigenvalue weighted by Crippen LogP contribution is 2.25. The van der Waals surface area contributed by atoms with Crippen molar-refractivity contribution in [2.75, 3.05) is 34.5 Å². The highest BCUT2D eigenvalue weighted by Gasteiger charge is 2.27. The minimum atomic E-state index is -4.33. The minimum Gasteiger partial charge on any atom is -0.480 e. The molecule has 1 aromatic heterocycles. The SMILES string of the molecule is CNC(CCOCC(F)(F)F)c1ncc(OC)nc1OC. The fourth-order valence-electron chi connectivity index (χ4n) is 1.66. The summed E-state index contributed by atoms with van der Waals surface area (Å²) >= 11 is 0. The van der Waals surface area contributed by atoms with Gasteiger partial charge in [-0.2, -0.15) is 18.2 Å². The van der Waals surface area contributed by atoms with E-state index < -0.39 is 12.8 Å². The molecule has 0 saturated heterocycles. The van der Waals surface area contributed by atoms with E-state index in [2.05, 4.69) is 20.0 Å². The number of hydrogen-bond donors (Lipinski definition) is 1. The van der Waals surface area contributed by atoms with Gasteiger partial charge in [0, 0.05) is 6.61 Å². The van der Waals surface area contributed by atoms with Crippen LogP contribution in [0.4, 0.5) is 13.2 Å². The third-order valence-electron chi connectivity index (χ3n) is 2.64. The maximum absolute atomic E-state index is 12.0. The number of alkyl halides is 3. The van der Waals surface area contributed by atoms with Gasteiger partial charge in [0.1, 0.15) is 12.3 Å². The third-order valence-corrected chi connectivity index (χ3v) is 2.64. The van der Waals surface area contributed by atoms with Gasteiger partial charge in [0.15, 0.2) is 0 Å². The van der Waals surface area contributed by atoms with Gasteiger partial charge >= 0.3 is 6.18 Å². The summed E-state index contributed by atoms with van der Waals surface area (Å²) < 4.78 is 50.6. The lowest BCUT2D eigenvalue weighted by molar-refractivity contribution is -0.174. The molecule has 1 unspecified atom stereocenters. The van der Waals surface area contributed by atoms with Crippen LogP contribution >= 0.6 is 0 Å². The quantitative estimate of drug-likeness (QED) is 0.738. The third kappa shape index (κ3) is 5.72. The smallest absolute Gasteiger partial charge is 0.411 e. The summed E-state index contributed by atoms with van der Waals surface area (Å²) in [5.74, 6) is 0.545. The van der Waals surface area contributed by atoms with Gasteiger partial charge in [0.2, 0.25) is 11.8 Å². The second-order valence-corrected chi connectivity index (χ2v) is 4.10. The highest BCUT2D eigenvalue weighted by molar-refractivity contribution is 5.25. The number of hydrogen-bond acceptors (Lipinski definition) is 6. The Morgan fingerprint density at radius 1 is 1.29 bits per heavy atom.